The molecule has 0 amide bonds. The standard InChI is InChI=1S/C13H31NO3Si/c1-6-13(5,7-2)17-18(15-8-3,16-9-4)12-10-11-14/h6-12,14H2,1-5H3. The molecule has 0 aliphatic rings. The zero-order valence-corrected chi connectivity index (χ0v) is 13.8. The van der Waals surface area contributed by atoms with Crippen molar-refractivity contribution in [3.63, 3.8) is 0 Å². The van der Waals surface area contributed by atoms with E-state index < -0.39 is 8.80 Å². The van der Waals surface area contributed by atoms with E-state index in [1.807, 2.05) is 13.8 Å². The topological polar surface area (TPSA) is 53.7 Å². The minimum atomic E-state index is -2.57. The largest absolute Gasteiger partial charge is 0.501 e. The van der Waals surface area contributed by atoms with E-state index in [1.54, 1.807) is 0 Å². The molecule has 0 unspecified atom stereocenters. The molecule has 0 fully saturated rings. The summed E-state index contributed by atoms with van der Waals surface area (Å²) in [6, 6.07) is 0.806. The lowest BCUT2D eigenvalue weighted by Gasteiger charge is -2.38. The van der Waals surface area contributed by atoms with Crippen molar-refractivity contribution >= 4 is 8.80 Å². The second kappa shape index (κ2) is 9.04. The monoisotopic (exact) mass is 277 g/mol. The Bertz CT molecular complexity index is 204. The third kappa shape index (κ3) is 5.80. The molecular formula is C13H31NO3Si. The molecule has 110 valence electrons. The van der Waals surface area contributed by atoms with Gasteiger partial charge in [0.15, 0.2) is 0 Å². The highest BCUT2D eigenvalue weighted by Gasteiger charge is 2.45. The van der Waals surface area contributed by atoms with Crippen LogP contribution < -0.4 is 5.73 Å². The first-order chi connectivity index (χ1) is 8.51. The molecule has 0 heterocycles. The van der Waals surface area contributed by atoms with E-state index in [-0.39, 0.29) is 5.60 Å². The van der Waals surface area contributed by atoms with E-state index in [4.69, 9.17) is 19.0 Å². The van der Waals surface area contributed by atoms with Crippen LogP contribution in [0.1, 0.15) is 53.9 Å². The molecule has 0 radical (unpaired) electrons. The van der Waals surface area contributed by atoms with E-state index in [0.29, 0.717) is 19.8 Å². The van der Waals surface area contributed by atoms with Gasteiger partial charge in [-0.1, -0.05) is 13.8 Å². The zero-order chi connectivity index (χ0) is 14.1. The highest BCUT2D eigenvalue weighted by atomic mass is 28.4. The molecule has 0 saturated carbocycles. The molecule has 0 rings (SSSR count). The van der Waals surface area contributed by atoms with Crippen LogP contribution in [0.25, 0.3) is 0 Å². The van der Waals surface area contributed by atoms with E-state index in [9.17, 15) is 0 Å². The lowest BCUT2D eigenvalue weighted by molar-refractivity contribution is -0.0245. The third-order valence-corrected chi connectivity index (χ3v) is 6.54. The molecule has 0 spiro atoms. The van der Waals surface area contributed by atoms with Gasteiger partial charge in [-0.2, -0.15) is 0 Å². The van der Waals surface area contributed by atoms with Crippen LogP contribution in [0.2, 0.25) is 6.04 Å². The van der Waals surface area contributed by atoms with Gasteiger partial charge < -0.3 is 19.0 Å². The molecule has 2 N–H and O–H groups in total. The van der Waals surface area contributed by atoms with Crippen molar-refractivity contribution in [1.29, 1.82) is 0 Å². The van der Waals surface area contributed by atoms with Crippen molar-refractivity contribution in [1.82, 2.24) is 0 Å². The van der Waals surface area contributed by atoms with Crippen LogP contribution in [0.4, 0.5) is 0 Å². The van der Waals surface area contributed by atoms with Crippen LogP contribution in [0.5, 0.6) is 0 Å². The summed E-state index contributed by atoms with van der Waals surface area (Å²) in [5.41, 5.74) is 5.45. The smallest absolute Gasteiger partial charge is 0.374 e. The summed E-state index contributed by atoms with van der Waals surface area (Å²) in [6.45, 7) is 12.3. The molecular weight excluding hydrogens is 246 g/mol. The fourth-order valence-corrected chi connectivity index (χ4v) is 4.97. The van der Waals surface area contributed by atoms with Gasteiger partial charge >= 0.3 is 8.80 Å². The Balaban J connectivity index is 4.89. The summed E-state index contributed by atoms with van der Waals surface area (Å²) in [5, 5.41) is 0. The van der Waals surface area contributed by atoms with Gasteiger partial charge in [0, 0.05) is 19.3 Å². The maximum Gasteiger partial charge on any atom is 0.501 e. The highest BCUT2D eigenvalue weighted by Crippen LogP contribution is 2.29. The number of hydrogen-bond donors (Lipinski definition) is 1. The Kier molecular flexibility index (Phi) is 9.07. The summed E-state index contributed by atoms with van der Waals surface area (Å²) in [4.78, 5) is 0. The first-order valence-electron chi connectivity index (χ1n) is 7.19. The van der Waals surface area contributed by atoms with Crippen molar-refractivity contribution in [3.8, 4) is 0 Å². The van der Waals surface area contributed by atoms with Crippen LogP contribution in [-0.2, 0) is 13.3 Å². The summed E-state index contributed by atoms with van der Waals surface area (Å²) in [6.07, 6.45) is 2.80. The maximum atomic E-state index is 6.35. The molecule has 5 heteroatoms. The van der Waals surface area contributed by atoms with Gasteiger partial charge in [-0.05, 0) is 46.6 Å². The van der Waals surface area contributed by atoms with Crippen LogP contribution >= 0.6 is 0 Å². The average molecular weight is 277 g/mol. The normalized spacial score (nSPS) is 13.0. The average Bonchev–Trinajstić information content (AvgIpc) is 2.37. The Morgan fingerprint density at radius 3 is 1.83 bits per heavy atom. The lowest BCUT2D eigenvalue weighted by Crippen LogP contribution is -2.52. The van der Waals surface area contributed by atoms with Crippen LogP contribution in [0, 0.1) is 0 Å². The number of hydrogen-bond acceptors (Lipinski definition) is 4. The molecule has 0 saturated heterocycles. The second-order valence-corrected chi connectivity index (χ2v) is 7.35. The SMILES string of the molecule is CCO[Si](CCCN)(OCC)OC(C)(CC)CC. The van der Waals surface area contributed by atoms with E-state index in [2.05, 4.69) is 20.8 Å². The summed E-state index contributed by atoms with van der Waals surface area (Å²) >= 11 is 0. The first-order valence-corrected chi connectivity index (χ1v) is 9.12. The molecule has 0 atom stereocenters. The van der Waals surface area contributed by atoms with Crippen molar-refractivity contribution in [2.75, 3.05) is 19.8 Å². The van der Waals surface area contributed by atoms with Gasteiger partial charge in [-0.15, -0.1) is 0 Å². The van der Waals surface area contributed by atoms with Crippen molar-refractivity contribution < 1.29 is 13.3 Å². The van der Waals surface area contributed by atoms with Gasteiger partial charge in [0.05, 0.1) is 5.60 Å². The van der Waals surface area contributed by atoms with Crippen LogP contribution in [0.15, 0.2) is 0 Å². The minimum Gasteiger partial charge on any atom is -0.374 e. The second-order valence-electron chi connectivity index (χ2n) is 4.70. The molecule has 0 aromatic carbocycles. The Labute approximate surface area is 114 Å². The summed E-state index contributed by atoms with van der Waals surface area (Å²) < 4.78 is 18.2. The van der Waals surface area contributed by atoms with Gasteiger partial charge in [0.1, 0.15) is 0 Å². The molecule has 0 aromatic rings. The Morgan fingerprint density at radius 1 is 1.00 bits per heavy atom. The third-order valence-electron chi connectivity index (χ3n) is 3.31. The lowest BCUT2D eigenvalue weighted by atomic mass is 10.0. The minimum absolute atomic E-state index is 0.162. The number of rotatable bonds is 11. The Hall–Kier alpha value is 0.0569. The van der Waals surface area contributed by atoms with Crippen LogP contribution in [0.3, 0.4) is 0 Å². The number of nitrogens with two attached hydrogens (primary N) is 1. The van der Waals surface area contributed by atoms with Gasteiger partial charge in [-0.25, -0.2) is 0 Å². The Morgan fingerprint density at radius 2 is 1.50 bits per heavy atom. The first kappa shape index (κ1) is 18.1. The predicted molar refractivity (Wildman–Crippen MR) is 77.6 cm³/mol. The molecule has 0 bridgehead atoms. The van der Waals surface area contributed by atoms with E-state index in [0.717, 1.165) is 25.3 Å². The molecule has 0 aromatic heterocycles. The van der Waals surface area contributed by atoms with E-state index >= 15 is 0 Å². The summed E-state index contributed by atoms with van der Waals surface area (Å²) in [5.74, 6) is 0. The molecule has 0 aliphatic carbocycles. The van der Waals surface area contributed by atoms with Crippen molar-refractivity contribution in [3.05, 3.63) is 0 Å². The molecule has 4 nitrogen and oxygen atoms in total. The molecule has 18 heavy (non-hydrogen) atoms. The predicted octanol–water partition coefficient (Wildman–Crippen LogP) is 2.94. The van der Waals surface area contributed by atoms with Gasteiger partial charge in [0.2, 0.25) is 0 Å². The molecule has 0 aliphatic heterocycles. The zero-order valence-electron chi connectivity index (χ0n) is 12.8. The van der Waals surface area contributed by atoms with Gasteiger partial charge in [0.25, 0.3) is 0 Å². The summed E-state index contributed by atoms with van der Waals surface area (Å²) in [7, 11) is -2.57. The highest BCUT2D eigenvalue weighted by molar-refractivity contribution is 6.60. The van der Waals surface area contributed by atoms with Gasteiger partial charge in [-0.3, -0.25) is 0 Å². The maximum absolute atomic E-state index is 6.35. The van der Waals surface area contributed by atoms with Crippen LogP contribution in [-0.4, -0.2) is 34.2 Å². The van der Waals surface area contributed by atoms with Crippen molar-refractivity contribution in [2.45, 2.75) is 65.5 Å². The fourth-order valence-electron chi connectivity index (χ4n) is 1.82. The quantitative estimate of drug-likeness (QED) is 0.590. The fraction of sp³-hybridized carbons (Fsp3) is 1.00. The van der Waals surface area contributed by atoms with Crippen molar-refractivity contribution in [2.24, 2.45) is 5.73 Å². The van der Waals surface area contributed by atoms with E-state index in [1.165, 1.54) is 0 Å².